The minimum absolute atomic E-state index is 0.0728. The smallest absolute Gasteiger partial charge is 0.161 e. The van der Waals surface area contributed by atoms with E-state index in [2.05, 4.69) is 4.99 Å². The number of aromatic hydroxyl groups is 1. The summed E-state index contributed by atoms with van der Waals surface area (Å²) in [5, 5.41) is 9.89. The first-order valence-corrected chi connectivity index (χ1v) is 7.47. The fourth-order valence-electron chi connectivity index (χ4n) is 2.36. The highest BCUT2D eigenvalue weighted by Gasteiger charge is 2.14. The molecule has 0 aliphatic carbocycles. The van der Waals surface area contributed by atoms with Crippen LogP contribution in [0.25, 0.3) is 0 Å². The van der Waals surface area contributed by atoms with Crippen LogP contribution >= 0.6 is 0 Å². The van der Waals surface area contributed by atoms with Crippen molar-refractivity contribution in [2.24, 2.45) is 4.99 Å². The van der Waals surface area contributed by atoms with Crippen molar-refractivity contribution >= 4 is 6.21 Å². The predicted molar refractivity (Wildman–Crippen MR) is 88.1 cm³/mol. The van der Waals surface area contributed by atoms with Crippen molar-refractivity contribution in [3.63, 3.8) is 0 Å². The van der Waals surface area contributed by atoms with E-state index in [-0.39, 0.29) is 11.8 Å². The molecule has 0 saturated heterocycles. The molecule has 2 aromatic rings. The Morgan fingerprint density at radius 3 is 2.70 bits per heavy atom. The molecule has 23 heavy (non-hydrogen) atoms. The standard InChI is InChI=1S/C18H19NO4/c1-12(13-3-6-17-18(10-13)23-8-7-22-17)19-11-14-9-15(21-2)4-5-16(14)20/h3-6,9-12,20H,7-8H2,1-2H3/t12-/m1/s1. The number of nitrogens with zero attached hydrogens (tertiary/aromatic N) is 1. The molecule has 0 spiro atoms. The number of phenolic OH excluding ortho intramolecular Hbond substituents is 1. The molecule has 0 radical (unpaired) electrons. The first-order chi connectivity index (χ1) is 11.2. The average Bonchev–Trinajstić information content (AvgIpc) is 2.60. The lowest BCUT2D eigenvalue weighted by Gasteiger charge is -2.19. The van der Waals surface area contributed by atoms with Gasteiger partial charge in [0.2, 0.25) is 0 Å². The van der Waals surface area contributed by atoms with E-state index in [4.69, 9.17) is 14.2 Å². The summed E-state index contributed by atoms with van der Waals surface area (Å²) in [6.07, 6.45) is 1.65. The Balaban J connectivity index is 1.80. The van der Waals surface area contributed by atoms with Crippen LogP contribution in [0.1, 0.15) is 24.1 Å². The Labute approximate surface area is 135 Å². The van der Waals surface area contributed by atoms with E-state index < -0.39 is 0 Å². The lowest BCUT2D eigenvalue weighted by atomic mass is 10.1. The van der Waals surface area contributed by atoms with E-state index in [1.807, 2.05) is 25.1 Å². The van der Waals surface area contributed by atoms with Gasteiger partial charge in [0.1, 0.15) is 24.7 Å². The molecule has 120 valence electrons. The molecule has 5 heteroatoms. The molecule has 0 saturated carbocycles. The second-order valence-corrected chi connectivity index (χ2v) is 5.28. The summed E-state index contributed by atoms with van der Waals surface area (Å²) in [4.78, 5) is 4.51. The lowest BCUT2D eigenvalue weighted by molar-refractivity contribution is 0.171. The van der Waals surface area contributed by atoms with Crippen molar-refractivity contribution in [2.45, 2.75) is 13.0 Å². The van der Waals surface area contributed by atoms with Gasteiger partial charge in [0, 0.05) is 11.8 Å². The Hall–Kier alpha value is -2.69. The zero-order valence-electron chi connectivity index (χ0n) is 13.2. The van der Waals surface area contributed by atoms with Crippen LogP contribution in [0.3, 0.4) is 0 Å². The number of phenols is 1. The van der Waals surface area contributed by atoms with Crippen LogP contribution in [0.15, 0.2) is 41.4 Å². The van der Waals surface area contributed by atoms with Gasteiger partial charge >= 0.3 is 0 Å². The van der Waals surface area contributed by atoms with E-state index in [0.29, 0.717) is 24.5 Å². The highest BCUT2D eigenvalue weighted by Crippen LogP contribution is 2.33. The fraction of sp³-hybridized carbons (Fsp3) is 0.278. The van der Waals surface area contributed by atoms with Crippen LogP contribution in [0.2, 0.25) is 0 Å². The second kappa shape index (κ2) is 6.60. The topological polar surface area (TPSA) is 60.3 Å². The molecule has 3 rings (SSSR count). The number of hydrogen-bond donors (Lipinski definition) is 1. The van der Waals surface area contributed by atoms with Gasteiger partial charge in [-0.05, 0) is 42.8 Å². The van der Waals surface area contributed by atoms with Gasteiger partial charge in [0.25, 0.3) is 0 Å². The maximum absolute atomic E-state index is 9.89. The van der Waals surface area contributed by atoms with Crippen LogP contribution in [-0.4, -0.2) is 31.6 Å². The molecular formula is C18H19NO4. The van der Waals surface area contributed by atoms with Gasteiger partial charge in [0.05, 0.1) is 13.2 Å². The monoisotopic (exact) mass is 313 g/mol. The number of aliphatic imine (C=N–C) groups is 1. The van der Waals surface area contributed by atoms with E-state index >= 15 is 0 Å². The van der Waals surface area contributed by atoms with Gasteiger partial charge in [-0.15, -0.1) is 0 Å². The second-order valence-electron chi connectivity index (χ2n) is 5.28. The Bertz CT molecular complexity index is 727. The molecule has 1 heterocycles. The number of rotatable bonds is 4. The van der Waals surface area contributed by atoms with Crippen molar-refractivity contribution in [3.8, 4) is 23.0 Å². The summed E-state index contributed by atoms with van der Waals surface area (Å²) >= 11 is 0. The maximum atomic E-state index is 9.89. The average molecular weight is 313 g/mol. The summed E-state index contributed by atoms with van der Waals surface area (Å²) in [5.41, 5.74) is 1.64. The molecular weight excluding hydrogens is 294 g/mol. The van der Waals surface area contributed by atoms with Crippen LogP contribution in [0, 0.1) is 0 Å². The summed E-state index contributed by atoms with van der Waals surface area (Å²) in [6.45, 7) is 3.13. The third-order valence-electron chi connectivity index (χ3n) is 3.72. The molecule has 1 aliphatic heterocycles. The zero-order chi connectivity index (χ0) is 16.2. The van der Waals surface area contributed by atoms with Gasteiger partial charge in [-0.25, -0.2) is 0 Å². The molecule has 0 amide bonds. The number of hydrogen-bond acceptors (Lipinski definition) is 5. The maximum Gasteiger partial charge on any atom is 0.161 e. The number of fused-ring (bicyclic) bond motifs is 1. The van der Waals surface area contributed by atoms with Crippen molar-refractivity contribution in [2.75, 3.05) is 20.3 Å². The molecule has 1 N–H and O–H groups in total. The number of ether oxygens (including phenoxy) is 3. The Morgan fingerprint density at radius 2 is 1.91 bits per heavy atom. The van der Waals surface area contributed by atoms with Gasteiger partial charge in [0.15, 0.2) is 11.5 Å². The molecule has 0 bridgehead atoms. The van der Waals surface area contributed by atoms with Gasteiger partial charge in [-0.1, -0.05) is 6.07 Å². The minimum atomic E-state index is -0.0728. The van der Waals surface area contributed by atoms with Crippen LogP contribution in [0.4, 0.5) is 0 Å². The zero-order valence-corrected chi connectivity index (χ0v) is 13.2. The van der Waals surface area contributed by atoms with Crippen molar-refractivity contribution in [3.05, 3.63) is 47.5 Å². The summed E-state index contributed by atoms with van der Waals surface area (Å²) in [6, 6.07) is 10.8. The first-order valence-electron chi connectivity index (χ1n) is 7.47. The van der Waals surface area contributed by atoms with Crippen molar-refractivity contribution in [1.82, 2.24) is 0 Å². The van der Waals surface area contributed by atoms with Gasteiger partial charge in [-0.2, -0.15) is 0 Å². The summed E-state index contributed by atoms with van der Waals surface area (Å²) in [5.74, 6) is 2.36. The molecule has 0 fully saturated rings. The molecule has 1 aliphatic rings. The number of benzene rings is 2. The fourth-order valence-corrected chi connectivity index (χ4v) is 2.36. The molecule has 5 nitrogen and oxygen atoms in total. The summed E-state index contributed by atoms with van der Waals surface area (Å²) in [7, 11) is 1.59. The van der Waals surface area contributed by atoms with Gasteiger partial charge in [-0.3, -0.25) is 4.99 Å². The SMILES string of the molecule is COc1ccc(O)c(C=N[C@H](C)c2ccc3c(c2)OCCO3)c1. The predicted octanol–water partition coefficient (Wildman–Crippen LogP) is 3.35. The third kappa shape index (κ3) is 3.39. The van der Waals surface area contributed by atoms with Gasteiger partial charge < -0.3 is 19.3 Å². The Morgan fingerprint density at radius 1 is 1.13 bits per heavy atom. The van der Waals surface area contributed by atoms with Crippen LogP contribution < -0.4 is 14.2 Å². The van der Waals surface area contributed by atoms with Crippen molar-refractivity contribution < 1.29 is 19.3 Å². The number of methoxy groups -OCH3 is 1. The van der Waals surface area contributed by atoms with E-state index in [9.17, 15) is 5.11 Å². The largest absolute Gasteiger partial charge is 0.507 e. The van der Waals surface area contributed by atoms with Crippen molar-refractivity contribution in [1.29, 1.82) is 0 Å². The van der Waals surface area contributed by atoms with E-state index in [1.165, 1.54) is 0 Å². The third-order valence-corrected chi connectivity index (χ3v) is 3.72. The molecule has 0 aromatic heterocycles. The quantitative estimate of drug-likeness (QED) is 0.879. The van der Waals surface area contributed by atoms with Crippen LogP contribution in [0.5, 0.6) is 23.0 Å². The molecule has 0 unspecified atom stereocenters. The first kappa shape index (κ1) is 15.2. The molecule has 1 atom stereocenters. The highest BCUT2D eigenvalue weighted by molar-refractivity contribution is 5.84. The highest BCUT2D eigenvalue weighted by atomic mass is 16.6. The van der Waals surface area contributed by atoms with E-state index in [0.717, 1.165) is 17.1 Å². The summed E-state index contributed by atoms with van der Waals surface area (Å²) < 4.78 is 16.3. The van der Waals surface area contributed by atoms with E-state index in [1.54, 1.807) is 31.5 Å². The Kier molecular flexibility index (Phi) is 4.37. The van der Waals surface area contributed by atoms with Crippen LogP contribution in [-0.2, 0) is 0 Å². The minimum Gasteiger partial charge on any atom is -0.507 e. The normalized spacial score (nSPS) is 14.7. The molecule has 2 aromatic carbocycles. The lowest BCUT2D eigenvalue weighted by Crippen LogP contribution is -2.15.